The molecule has 2 unspecified atom stereocenters. The first-order chi connectivity index (χ1) is 8.32. The van der Waals surface area contributed by atoms with Gasteiger partial charge in [0.1, 0.15) is 0 Å². The van der Waals surface area contributed by atoms with Crippen LogP contribution in [0.15, 0.2) is 0 Å². The highest BCUT2D eigenvalue weighted by molar-refractivity contribution is 5.78. The number of rotatable bonds is 5. The Morgan fingerprint density at radius 3 is 2.56 bits per heavy atom. The maximum atomic E-state index is 12.4. The third-order valence-corrected chi connectivity index (χ3v) is 3.93. The van der Waals surface area contributed by atoms with E-state index in [0.717, 1.165) is 38.8 Å². The van der Waals surface area contributed by atoms with E-state index in [0.29, 0.717) is 11.3 Å². The molecule has 0 aliphatic carbocycles. The SMILES string of the molecule is CC(N)CCCC(C)C(=O)N1CCCC(C)(C)C1. The summed E-state index contributed by atoms with van der Waals surface area (Å²) in [6, 6.07) is 0.251. The number of carbonyl (C=O) groups excluding carboxylic acids is 1. The van der Waals surface area contributed by atoms with Crippen molar-refractivity contribution < 1.29 is 4.79 Å². The second kappa shape index (κ2) is 6.55. The van der Waals surface area contributed by atoms with Crippen molar-refractivity contribution in [1.29, 1.82) is 0 Å². The summed E-state index contributed by atoms with van der Waals surface area (Å²) in [6.45, 7) is 10.5. The van der Waals surface area contributed by atoms with Gasteiger partial charge in [-0.3, -0.25) is 4.79 Å². The van der Waals surface area contributed by atoms with Crippen LogP contribution in [0.3, 0.4) is 0 Å². The summed E-state index contributed by atoms with van der Waals surface area (Å²) in [5, 5.41) is 0. The first-order valence-electron chi connectivity index (χ1n) is 7.36. The zero-order valence-corrected chi connectivity index (χ0v) is 12.5. The third kappa shape index (κ3) is 4.97. The van der Waals surface area contributed by atoms with Gasteiger partial charge in [-0.05, 0) is 38.0 Å². The predicted octanol–water partition coefficient (Wildman–Crippen LogP) is 2.79. The number of hydrogen-bond acceptors (Lipinski definition) is 2. The maximum Gasteiger partial charge on any atom is 0.225 e. The number of piperidine rings is 1. The van der Waals surface area contributed by atoms with E-state index in [4.69, 9.17) is 5.73 Å². The molecule has 3 heteroatoms. The van der Waals surface area contributed by atoms with Crippen LogP contribution in [0.2, 0.25) is 0 Å². The summed E-state index contributed by atoms with van der Waals surface area (Å²) in [4.78, 5) is 14.4. The lowest BCUT2D eigenvalue weighted by Crippen LogP contribution is -2.45. The Bertz CT molecular complexity index is 274. The largest absolute Gasteiger partial charge is 0.342 e. The van der Waals surface area contributed by atoms with Gasteiger partial charge in [-0.1, -0.05) is 27.2 Å². The average molecular weight is 254 g/mol. The standard InChI is InChI=1S/C15H30N2O/c1-12(7-5-8-13(2)16)14(18)17-10-6-9-15(3,4)11-17/h12-13H,5-11,16H2,1-4H3. The highest BCUT2D eigenvalue weighted by Gasteiger charge is 2.30. The summed E-state index contributed by atoms with van der Waals surface area (Å²) in [6.07, 6.45) is 5.42. The van der Waals surface area contributed by atoms with Crippen LogP contribution in [0.25, 0.3) is 0 Å². The Balaban J connectivity index is 2.38. The summed E-state index contributed by atoms with van der Waals surface area (Å²) in [7, 11) is 0. The van der Waals surface area contributed by atoms with Crippen LogP contribution >= 0.6 is 0 Å². The molecular formula is C15H30N2O. The van der Waals surface area contributed by atoms with Gasteiger partial charge in [0.25, 0.3) is 0 Å². The fourth-order valence-electron chi connectivity index (χ4n) is 2.79. The number of likely N-dealkylation sites (tertiary alicyclic amines) is 1. The summed E-state index contributed by atoms with van der Waals surface area (Å²) in [5.74, 6) is 0.491. The van der Waals surface area contributed by atoms with E-state index >= 15 is 0 Å². The molecule has 3 nitrogen and oxygen atoms in total. The second-order valence-electron chi connectivity index (χ2n) is 6.84. The second-order valence-corrected chi connectivity index (χ2v) is 6.84. The molecule has 0 spiro atoms. The Morgan fingerprint density at radius 1 is 1.33 bits per heavy atom. The fourth-order valence-corrected chi connectivity index (χ4v) is 2.79. The highest BCUT2D eigenvalue weighted by Crippen LogP contribution is 2.29. The third-order valence-electron chi connectivity index (χ3n) is 3.93. The molecule has 0 aromatic heterocycles. The molecular weight excluding hydrogens is 224 g/mol. The molecule has 0 aromatic rings. The molecule has 0 saturated carbocycles. The van der Waals surface area contributed by atoms with Crippen molar-refractivity contribution in [3.63, 3.8) is 0 Å². The molecule has 1 rings (SSSR count). The zero-order chi connectivity index (χ0) is 13.8. The number of nitrogens with zero attached hydrogens (tertiary/aromatic N) is 1. The van der Waals surface area contributed by atoms with Gasteiger partial charge in [0.05, 0.1) is 0 Å². The van der Waals surface area contributed by atoms with E-state index in [2.05, 4.69) is 25.7 Å². The Kier molecular flexibility index (Phi) is 5.64. The molecule has 1 amide bonds. The van der Waals surface area contributed by atoms with E-state index in [1.54, 1.807) is 0 Å². The molecule has 0 aromatic carbocycles. The van der Waals surface area contributed by atoms with Gasteiger partial charge < -0.3 is 10.6 Å². The number of nitrogens with two attached hydrogens (primary N) is 1. The summed E-state index contributed by atoms with van der Waals surface area (Å²) >= 11 is 0. The average Bonchev–Trinajstić information content (AvgIpc) is 2.26. The van der Waals surface area contributed by atoms with Gasteiger partial charge in [0.15, 0.2) is 0 Å². The minimum Gasteiger partial charge on any atom is -0.342 e. The van der Waals surface area contributed by atoms with Gasteiger partial charge in [-0.15, -0.1) is 0 Å². The van der Waals surface area contributed by atoms with Crippen LogP contribution in [0, 0.1) is 11.3 Å². The van der Waals surface area contributed by atoms with Crippen LogP contribution in [0.1, 0.15) is 59.8 Å². The molecule has 1 aliphatic rings. The summed E-state index contributed by atoms with van der Waals surface area (Å²) in [5.41, 5.74) is 6.03. The van der Waals surface area contributed by atoms with Crippen molar-refractivity contribution in [3.8, 4) is 0 Å². The Morgan fingerprint density at radius 2 is 2.00 bits per heavy atom. The topological polar surface area (TPSA) is 46.3 Å². The van der Waals surface area contributed by atoms with Crippen LogP contribution in [-0.4, -0.2) is 29.9 Å². The molecule has 1 saturated heterocycles. The van der Waals surface area contributed by atoms with Gasteiger partial charge in [0, 0.05) is 25.0 Å². The first kappa shape index (κ1) is 15.5. The minimum absolute atomic E-state index is 0.151. The van der Waals surface area contributed by atoms with Gasteiger partial charge in [0.2, 0.25) is 5.91 Å². The molecule has 1 heterocycles. The molecule has 0 bridgehead atoms. The molecule has 1 fully saturated rings. The number of carbonyl (C=O) groups is 1. The van der Waals surface area contributed by atoms with Crippen LogP contribution in [0.5, 0.6) is 0 Å². The van der Waals surface area contributed by atoms with Crippen molar-refractivity contribution >= 4 is 5.91 Å². The quantitative estimate of drug-likeness (QED) is 0.820. The van der Waals surface area contributed by atoms with Gasteiger partial charge >= 0.3 is 0 Å². The lowest BCUT2D eigenvalue weighted by Gasteiger charge is -2.39. The monoisotopic (exact) mass is 254 g/mol. The Labute approximate surface area is 112 Å². The zero-order valence-electron chi connectivity index (χ0n) is 12.5. The molecule has 18 heavy (non-hydrogen) atoms. The highest BCUT2D eigenvalue weighted by atomic mass is 16.2. The Hall–Kier alpha value is -0.570. The van der Waals surface area contributed by atoms with Crippen LogP contribution in [-0.2, 0) is 4.79 Å². The van der Waals surface area contributed by atoms with Crippen molar-refractivity contribution in [3.05, 3.63) is 0 Å². The lowest BCUT2D eigenvalue weighted by molar-refractivity contribution is -0.138. The molecule has 1 aliphatic heterocycles. The predicted molar refractivity (Wildman–Crippen MR) is 76.3 cm³/mol. The summed E-state index contributed by atoms with van der Waals surface area (Å²) < 4.78 is 0. The normalized spacial score (nSPS) is 22.6. The molecule has 0 radical (unpaired) electrons. The van der Waals surface area contributed by atoms with E-state index in [9.17, 15) is 4.79 Å². The van der Waals surface area contributed by atoms with Crippen molar-refractivity contribution in [1.82, 2.24) is 4.90 Å². The first-order valence-corrected chi connectivity index (χ1v) is 7.36. The number of hydrogen-bond donors (Lipinski definition) is 1. The number of amides is 1. The van der Waals surface area contributed by atoms with Crippen molar-refractivity contribution in [2.24, 2.45) is 17.1 Å². The fraction of sp³-hybridized carbons (Fsp3) is 0.933. The molecule has 2 atom stereocenters. The molecule has 2 N–H and O–H groups in total. The lowest BCUT2D eigenvalue weighted by atomic mass is 9.83. The van der Waals surface area contributed by atoms with Crippen molar-refractivity contribution in [2.45, 2.75) is 65.8 Å². The minimum atomic E-state index is 0.151. The van der Waals surface area contributed by atoms with Crippen LogP contribution < -0.4 is 5.73 Å². The van der Waals surface area contributed by atoms with E-state index in [1.807, 2.05) is 6.92 Å². The molecule has 106 valence electrons. The van der Waals surface area contributed by atoms with Crippen molar-refractivity contribution in [2.75, 3.05) is 13.1 Å². The smallest absolute Gasteiger partial charge is 0.225 e. The maximum absolute atomic E-state index is 12.4. The van der Waals surface area contributed by atoms with Gasteiger partial charge in [-0.25, -0.2) is 0 Å². The van der Waals surface area contributed by atoms with Gasteiger partial charge in [-0.2, -0.15) is 0 Å². The van der Waals surface area contributed by atoms with E-state index in [-0.39, 0.29) is 12.0 Å². The van der Waals surface area contributed by atoms with Crippen LogP contribution in [0.4, 0.5) is 0 Å². The van der Waals surface area contributed by atoms with E-state index in [1.165, 1.54) is 6.42 Å². The van der Waals surface area contributed by atoms with E-state index < -0.39 is 0 Å².